The quantitative estimate of drug-likeness (QED) is 0.667. The van der Waals surface area contributed by atoms with Gasteiger partial charge in [-0.3, -0.25) is 9.69 Å². The average Bonchev–Trinajstić information content (AvgIpc) is 3.19. The fraction of sp³-hybridized carbons (Fsp3) is 0.480. The molecule has 0 spiro atoms. The van der Waals surface area contributed by atoms with Gasteiger partial charge in [0.1, 0.15) is 11.4 Å². The van der Waals surface area contributed by atoms with Crippen molar-refractivity contribution in [1.82, 2.24) is 9.88 Å². The minimum Gasteiger partial charge on any atom is -0.443 e. The van der Waals surface area contributed by atoms with E-state index in [0.29, 0.717) is 11.4 Å². The number of nitrogens with zero attached hydrogens (tertiary/aromatic N) is 3. The highest BCUT2D eigenvalue weighted by molar-refractivity contribution is 5.94. The first kappa shape index (κ1) is 21.3. The van der Waals surface area contributed by atoms with Gasteiger partial charge in [-0.05, 0) is 76.6 Å². The second-order valence-corrected chi connectivity index (χ2v) is 9.41. The molecule has 2 aromatic rings. The van der Waals surface area contributed by atoms with Gasteiger partial charge in [-0.15, -0.1) is 0 Å². The predicted octanol–water partition coefficient (Wildman–Crippen LogP) is 5.35. The standard InChI is InChI=1S/C25H31N3O3/c1-25(2,3)31-24(30)28(20-11-7-12-20)22-15-14-19(17-26-22)21-13-8-16-27(21)23(29)18-9-5-4-6-10-18/h4-6,9-10,14-15,17,20-21H,7-8,11-13,16H2,1-3H3/t21-/m0/s1. The number of rotatable bonds is 4. The summed E-state index contributed by atoms with van der Waals surface area (Å²) in [7, 11) is 0. The predicted molar refractivity (Wildman–Crippen MR) is 120 cm³/mol. The summed E-state index contributed by atoms with van der Waals surface area (Å²) >= 11 is 0. The smallest absolute Gasteiger partial charge is 0.416 e. The molecule has 1 atom stereocenters. The van der Waals surface area contributed by atoms with E-state index in [1.165, 1.54) is 0 Å². The minimum atomic E-state index is -0.554. The largest absolute Gasteiger partial charge is 0.443 e. The molecule has 0 unspecified atom stereocenters. The number of ether oxygens (including phenoxy) is 1. The lowest BCUT2D eigenvalue weighted by atomic mass is 9.91. The molecule has 1 saturated heterocycles. The van der Waals surface area contributed by atoms with Gasteiger partial charge in [-0.1, -0.05) is 24.3 Å². The molecule has 1 aliphatic carbocycles. The normalized spacial score (nSPS) is 19.1. The molecule has 164 valence electrons. The van der Waals surface area contributed by atoms with Gasteiger partial charge < -0.3 is 9.64 Å². The summed E-state index contributed by atoms with van der Waals surface area (Å²) < 4.78 is 5.63. The van der Waals surface area contributed by atoms with Crippen LogP contribution in [-0.2, 0) is 4.74 Å². The van der Waals surface area contributed by atoms with E-state index in [-0.39, 0.29) is 24.1 Å². The number of carbonyl (C=O) groups is 2. The zero-order valence-corrected chi connectivity index (χ0v) is 18.6. The number of benzene rings is 1. The van der Waals surface area contributed by atoms with Crippen LogP contribution in [0.5, 0.6) is 0 Å². The zero-order valence-electron chi connectivity index (χ0n) is 18.6. The third-order valence-electron chi connectivity index (χ3n) is 5.97. The minimum absolute atomic E-state index is 0.00735. The Bertz CT molecular complexity index is 917. The Kier molecular flexibility index (Phi) is 5.99. The number of carbonyl (C=O) groups excluding carboxylic acids is 2. The number of pyridine rings is 1. The monoisotopic (exact) mass is 421 g/mol. The van der Waals surface area contributed by atoms with Gasteiger partial charge in [0.05, 0.1) is 6.04 Å². The maximum atomic E-state index is 13.0. The summed E-state index contributed by atoms with van der Waals surface area (Å²) in [6, 6.07) is 13.4. The summed E-state index contributed by atoms with van der Waals surface area (Å²) in [5, 5.41) is 0. The Morgan fingerprint density at radius 3 is 2.35 bits per heavy atom. The Labute approximate surface area is 184 Å². The molecule has 2 heterocycles. The highest BCUT2D eigenvalue weighted by Crippen LogP contribution is 2.35. The lowest BCUT2D eigenvalue weighted by Gasteiger charge is -2.37. The first-order valence-electron chi connectivity index (χ1n) is 11.2. The van der Waals surface area contributed by atoms with Gasteiger partial charge in [-0.2, -0.15) is 0 Å². The molecule has 1 aromatic carbocycles. The summed E-state index contributed by atoms with van der Waals surface area (Å²) in [6.07, 6.45) is 6.39. The molecule has 0 N–H and O–H groups in total. The van der Waals surface area contributed by atoms with Crippen molar-refractivity contribution in [2.75, 3.05) is 11.4 Å². The molecule has 31 heavy (non-hydrogen) atoms. The van der Waals surface area contributed by atoms with Crippen LogP contribution in [0.2, 0.25) is 0 Å². The molecule has 4 rings (SSSR count). The fourth-order valence-corrected chi connectivity index (χ4v) is 4.23. The van der Waals surface area contributed by atoms with Crippen molar-refractivity contribution in [3.63, 3.8) is 0 Å². The van der Waals surface area contributed by atoms with Crippen LogP contribution < -0.4 is 4.90 Å². The van der Waals surface area contributed by atoms with E-state index in [9.17, 15) is 9.59 Å². The Balaban J connectivity index is 1.53. The summed E-state index contributed by atoms with van der Waals surface area (Å²) in [5.74, 6) is 0.665. The van der Waals surface area contributed by atoms with Crippen molar-refractivity contribution >= 4 is 17.8 Å². The van der Waals surface area contributed by atoms with E-state index < -0.39 is 5.60 Å². The third kappa shape index (κ3) is 4.73. The van der Waals surface area contributed by atoms with Gasteiger partial charge >= 0.3 is 6.09 Å². The highest BCUT2D eigenvalue weighted by atomic mass is 16.6. The molecular formula is C25H31N3O3. The topological polar surface area (TPSA) is 62.7 Å². The van der Waals surface area contributed by atoms with Crippen LogP contribution in [0.15, 0.2) is 48.7 Å². The maximum Gasteiger partial charge on any atom is 0.416 e. The third-order valence-corrected chi connectivity index (χ3v) is 5.97. The van der Waals surface area contributed by atoms with Crippen molar-refractivity contribution in [3.05, 3.63) is 59.8 Å². The van der Waals surface area contributed by atoms with Gasteiger partial charge in [-0.25, -0.2) is 9.78 Å². The zero-order chi connectivity index (χ0) is 22.0. The molecular weight excluding hydrogens is 390 g/mol. The van der Waals surface area contributed by atoms with E-state index in [4.69, 9.17) is 4.74 Å². The first-order chi connectivity index (χ1) is 14.8. The number of amides is 2. The number of hydrogen-bond donors (Lipinski definition) is 0. The van der Waals surface area contributed by atoms with Crippen molar-refractivity contribution in [1.29, 1.82) is 0 Å². The average molecular weight is 422 g/mol. The van der Waals surface area contributed by atoms with E-state index >= 15 is 0 Å². The van der Waals surface area contributed by atoms with Crippen molar-refractivity contribution in [2.45, 2.75) is 70.6 Å². The Morgan fingerprint density at radius 2 is 1.77 bits per heavy atom. The lowest BCUT2D eigenvalue weighted by molar-refractivity contribution is 0.0547. The van der Waals surface area contributed by atoms with Gasteiger partial charge in [0.15, 0.2) is 0 Å². The Hall–Kier alpha value is -2.89. The van der Waals surface area contributed by atoms with Crippen LogP contribution >= 0.6 is 0 Å². The molecule has 1 saturated carbocycles. The summed E-state index contributed by atoms with van der Waals surface area (Å²) in [5.41, 5.74) is 1.16. The number of hydrogen-bond acceptors (Lipinski definition) is 4. The molecule has 1 aromatic heterocycles. The van der Waals surface area contributed by atoms with Crippen molar-refractivity contribution < 1.29 is 14.3 Å². The second kappa shape index (κ2) is 8.69. The molecule has 2 aliphatic rings. The van der Waals surface area contributed by atoms with Gasteiger partial charge in [0, 0.05) is 24.3 Å². The van der Waals surface area contributed by atoms with Crippen LogP contribution in [0.3, 0.4) is 0 Å². The van der Waals surface area contributed by atoms with E-state index in [0.717, 1.165) is 44.2 Å². The molecule has 2 fully saturated rings. The second-order valence-electron chi connectivity index (χ2n) is 9.41. The van der Waals surface area contributed by atoms with Gasteiger partial charge in [0.2, 0.25) is 0 Å². The van der Waals surface area contributed by atoms with E-state index in [2.05, 4.69) is 4.98 Å². The molecule has 6 heteroatoms. The maximum absolute atomic E-state index is 13.0. The van der Waals surface area contributed by atoms with Crippen molar-refractivity contribution in [2.24, 2.45) is 0 Å². The molecule has 1 aliphatic heterocycles. The number of aromatic nitrogens is 1. The molecule has 0 radical (unpaired) electrons. The van der Waals surface area contributed by atoms with Crippen molar-refractivity contribution in [3.8, 4) is 0 Å². The first-order valence-corrected chi connectivity index (χ1v) is 11.2. The van der Waals surface area contributed by atoms with Crippen LogP contribution in [-0.4, -0.2) is 40.1 Å². The van der Waals surface area contributed by atoms with E-state index in [1.54, 1.807) is 4.90 Å². The number of anilines is 1. The highest BCUT2D eigenvalue weighted by Gasteiger charge is 2.35. The van der Waals surface area contributed by atoms with Crippen LogP contribution in [0.4, 0.5) is 10.6 Å². The molecule has 6 nitrogen and oxygen atoms in total. The summed E-state index contributed by atoms with van der Waals surface area (Å²) in [4.78, 5) is 34.1. The molecule has 2 amide bonds. The fourth-order valence-electron chi connectivity index (χ4n) is 4.23. The number of likely N-dealkylation sites (tertiary alicyclic amines) is 1. The van der Waals surface area contributed by atoms with Crippen LogP contribution in [0.25, 0.3) is 0 Å². The lowest BCUT2D eigenvalue weighted by Crippen LogP contribution is -2.47. The van der Waals surface area contributed by atoms with Crippen LogP contribution in [0.1, 0.15) is 74.8 Å². The van der Waals surface area contributed by atoms with E-state index in [1.807, 2.05) is 74.3 Å². The van der Waals surface area contributed by atoms with Gasteiger partial charge in [0.25, 0.3) is 5.91 Å². The van der Waals surface area contributed by atoms with Crippen LogP contribution in [0, 0.1) is 0 Å². The summed E-state index contributed by atoms with van der Waals surface area (Å²) in [6.45, 7) is 6.36. The SMILES string of the molecule is CC(C)(C)OC(=O)N(c1ccc([C@@H]2CCCN2C(=O)c2ccccc2)cn1)C1CCC1. The Morgan fingerprint density at radius 1 is 1.03 bits per heavy atom. The molecule has 0 bridgehead atoms.